The van der Waals surface area contributed by atoms with Crippen molar-refractivity contribution in [1.82, 2.24) is 9.97 Å². The first-order valence-electron chi connectivity index (χ1n) is 15.1. The van der Waals surface area contributed by atoms with Crippen LogP contribution in [0.15, 0.2) is 168 Å². The van der Waals surface area contributed by atoms with Gasteiger partial charge in [0.2, 0.25) is 0 Å². The van der Waals surface area contributed by atoms with Crippen LogP contribution in [-0.4, -0.2) is 9.97 Å². The van der Waals surface area contributed by atoms with E-state index in [0.717, 1.165) is 33.6 Å². The van der Waals surface area contributed by atoms with Crippen molar-refractivity contribution in [3.05, 3.63) is 169 Å². The number of benzene rings is 6. The second-order valence-electron chi connectivity index (χ2n) is 11.0. The van der Waals surface area contributed by atoms with Crippen molar-refractivity contribution >= 4 is 23.9 Å². The van der Waals surface area contributed by atoms with Crippen LogP contribution in [0.3, 0.4) is 0 Å². The van der Waals surface area contributed by atoms with Crippen molar-refractivity contribution in [2.75, 3.05) is 0 Å². The zero-order valence-electron chi connectivity index (χ0n) is 24.5. The SMILES string of the molecule is C1=C\c2ccc(-c3cc(-c4ccccc4)nc(-c4ccccc4)n3)cc2-c2ccccc2Sc2ccccc2-c2ccccc2/1. The van der Waals surface area contributed by atoms with Crippen LogP contribution in [0.5, 0.6) is 0 Å². The van der Waals surface area contributed by atoms with Gasteiger partial charge >= 0.3 is 0 Å². The number of rotatable bonds is 3. The predicted octanol–water partition coefficient (Wildman–Crippen LogP) is 11.4. The molecule has 0 N–H and O–H groups in total. The average Bonchev–Trinajstić information content (AvgIpc) is 3.14. The molecule has 1 aliphatic heterocycles. The van der Waals surface area contributed by atoms with Gasteiger partial charge in [0, 0.05) is 26.5 Å². The first-order chi connectivity index (χ1) is 22.3. The Morgan fingerprint density at radius 1 is 0.356 bits per heavy atom. The molecule has 0 unspecified atom stereocenters. The van der Waals surface area contributed by atoms with Crippen LogP contribution in [0, 0.1) is 0 Å². The lowest BCUT2D eigenvalue weighted by Crippen LogP contribution is -1.96. The van der Waals surface area contributed by atoms with E-state index in [1.165, 1.54) is 37.6 Å². The first kappa shape index (κ1) is 27.1. The van der Waals surface area contributed by atoms with Crippen LogP contribution in [-0.2, 0) is 0 Å². The van der Waals surface area contributed by atoms with Gasteiger partial charge in [0.05, 0.1) is 11.4 Å². The summed E-state index contributed by atoms with van der Waals surface area (Å²) in [6, 6.07) is 55.5. The molecule has 0 radical (unpaired) electrons. The molecule has 212 valence electrons. The molecule has 2 heterocycles. The monoisotopic (exact) mass is 592 g/mol. The third-order valence-corrected chi connectivity index (χ3v) is 9.31. The molecule has 6 aromatic carbocycles. The van der Waals surface area contributed by atoms with Crippen molar-refractivity contribution in [1.29, 1.82) is 0 Å². The average molecular weight is 593 g/mol. The second kappa shape index (κ2) is 11.9. The molecule has 0 atom stereocenters. The van der Waals surface area contributed by atoms with Gasteiger partial charge in [0.25, 0.3) is 0 Å². The van der Waals surface area contributed by atoms with Gasteiger partial charge in [-0.15, -0.1) is 0 Å². The molecule has 2 nitrogen and oxygen atoms in total. The molecule has 0 saturated heterocycles. The Balaban J connectivity index is 1.34. The molecule has 0 fully saturated rings. The maximum Gasteiger partial charge on any atom is 0.160 e. The highest BCUT2D eigenvalue weighted by molar-refractivity contribution is 7.99. The van der Waals surface area contributed by atoms with Crippen molar-refractivity contribution < 1.29 is 0 Å². The maximum absolute atomic E-state index is 5.12. The van der Waals surface area contributed by atoms with Crippen LogP contribution in [0.1, 0.15) is 11.1 Å². The minimum atomic E-state index is 0.715. The number of fused-ring (bicyclic) bond motifs is 6. The van der Waals surface area contributed by atoms with Crippen molar-refractivity contribution in [2.45, 2.75) is 9.79 Å². The zero-order valence-corrected chi connectivity index (χ0v) is 25.3. The normalized spacial score (nSPS) is 12.5. The van der Waals surface area contributed by atoms with Gasteiger partial charge in [0.15, 0.2) is 5.82 Å². The van der Waals surface area contributed by atoms with Crippen LogP contribution in [0.2, 0.25) is 0 Å². The van der Waals surface area contributed by atoms with Gasteiger partial charge < -0.3 is 0 Å². The molecule has 1 aliphatic rings. The maximum atomic E-state index is 5.12. The minimum absolute atomic E-state index is 0.715. The topological polar surface area (TPSA) is 25.8 Å². The molecule has 0 spiro atoms. The quantitative estimate of drug-likeness (QED) is 0.204. The second-order valence-corrected chi connectivity index (χ2v) is 12.1. The number of aromatic nitrogens is 2. The third kappa shape index (κ3) is 5.39. The van der Waals surface area contributed by atoms with E-state index in [1.807, 2.05) is 36.0 Å². The largest absolute Gasteiger partial charge is 0.228 e. The van der Waals surface area contributed by atoms with E-state index in [1.54, 1.807) is 0 Å². The Hall–Kier alpha value is -5.51. The summed E-state index contributed by atoms with van der Waals surface area (Å²) in [6.07, 6.45) is 4.49. The van der Waals surface area contributed by atoms with Gasteiger partial charge in [-0.1, -0.05) is 157 Å². The molecule has 7 aromatic rings. The van der Waals surface area contributed by atoms with Gasteiger partial charge in [-0.25, -0.2) is 9.97 Å². The Kier molecular flexibility index (Phi) is 7.14. The molecule has 0 bridgehead atoms. The van der Waals surface area contributed by atoms with Gasteiger partial charge in [-0.05, 0) is 57.6 Å². The highest BCUT2D eigenvalue weighted by atomic mass is 32.2. The molecule has 0 saturated carbocycles. The molecular weight excluding hydrogens is 565 g/mol. The van der Waals surface area contributed by atoms with Crippen molar-refractivity contribution in [3.8, 4) is 56.2 Å². The molecular formula is C42H28N2S. The van der Waals surface area contributed by atoms with Crippen LogP contribution >= 0.6 is 11.8 Å². The summed E-state index contributed by atoms with van der Waals surface area (Å²) in [7, 11) is 0. The molecule has 45 heavy (non-hydrogen) atoms. The summed E-state index contributed by atoms with van der Waals surface area (Å²) in [4.78, 5) is 12.6. The first-order valence-corrected chi connectivity index (χ1v) is 15.9. The summed E-state index contributed by atoms with van der Waals surface area (Å²) < 4.78 is 0. The summed E-state index contributed by atoms with van der Waals surface area (Å²) in [5, 5.41) is 0. The lowest BCUT2D eigenvalue weighted by atomic mass is 9.94. The number of hydrogen-bond acceptors (Lipinski definition) is 3. The molecule has 8 rings (SSSR count). The Morgan fingerprint density at radius 3 is 1.56 bits per heavy atom. The van der Waals surface area contributed by atoms with E-state index >= 15 is 0 Å². The Labute approximate surface area is 267 Å². The number of nitrogens with zero attached hydrogens (tertiary/aromatic N) is 2. The van der Waals surface area contributed by atoms with E-state index in [4.69, 9.17) is 9.97 Å². The Morgan fingerprint density at radius 2 is 0.867 bits per heavy atom. The minimum Gasteiger partial charge on any atom is -0.228 e. The molecule has 3 heteroatoms. The fourth-order valence-corrected chi connectivity index (χ4v) is 7.01. The predicted molar refractivity (Wildman–Crippen MR) is 189 cm³/mol. The van der Waals surface area contributed by atoms with E-state index in [9.17, 15) is 0 Å². The zero-order chi connectivity index (χ0) is 30.0. The van der Waals surface area contributed by atoms with E-state index in [0.29, 0.717) is 5.82 Å². The van der Waals surface area contributed by atoms with Crippen LogP contribution in [0.4, 0.5) is 0 Å². The van der Waals surface area contributed by atoms with Crippen molar-refractivity contribution in [2.24, 2.45) is 0 Å². The van der Waals surface area contributed by atoms with Gasteiger partial charge in [0.1, 0.15) is 0 Å². The highest BCUT2D eigenvalue weighted by Gasteiger charge is 2.17. The van der Waals surface area contributed by atoms with Gasteiger partial charge in [-0.2, -0.15) is 0 Å². The van der Waals surface area contributed by atoms with Crippen LogP contribution < -0.4 is 0 Å². The number of hydrogen-bond donors (Lipinski definition) is 0. The van der Waals surface area contributed by atoms with E-state index < -0.39 is 0 Å². The highest BCUT2D eigenvalue weighted by Crippen LogP contribution is 2.44. The third-order valence-electron chi connectivity index (χ3n) is 8.15. The van der Waals surface area contributed by atoms with E-state index in [-0.39, 0.29) is 0 Å². The summed E-state index contributed by atoms with van der Waals surface area (Å²) in [6.45, 7) is 0. The van der Waals surface area contributed by atoms with Gasteiger partial charge in [-0.3, -0.25) is 0 Å². The summed E-state index contributed by atoms with van der Waals surface area (Å²) in [5.41, 5.74) is 12.1. The molecule has 1 aromatic heterocycles. The Bertz CT molecular complexity index is 2130. The fourth-order valence-electron chi connectivity index (χ4n) is 5.90. The lowest BCUT2D eigenvalue weighted by Gasteiger charge is -2.15. The van der Waals surface area contributed by atoms with E-state index in [2.05, 4.69) is 146 Å². The summed E-state index contributed by atoms with van der Waals surface area (Å²) >= 11 is 1.82. The lowest BCUT2D eigenvalue weighted by molar-refractivity contribution is 1.18. The fraction of sp³-hybridized carbons (Fsp3) is 0. The molecule has 0 aliphatic carbocycles. The van der Waals surface area contributed by atoms with Crippen molar-refractivity contribution in [3.63, 3.8) is 0 Å². The molecule has 0 amide bonds. The summed E-state index contributed by atoms with van der Waals surface area (Å²) in [5.74, 6) is 0.715. The smallest absolute Gasteiger partial charge is 0.160 e. The van der Waals surface area contributed by atoms with Crippen LogP contribution in [0.25, 0.3) is 68.3 Å². The standard InChI is InChI=1S/C42H28N2S/c1-3-14-31(15-4-1)38-28-39(44-42(43-38)32-16-5-2-6-17-32)33-26-25-30-24-23-29-13-7-8-18-34(29)35-19-9-11-21-40(35)45-41-22-12-10-20-36(41)37(30)27-33/h1-28H/b24-23-.